The van der Waals surface area contributed by atoms with Gasteiger partial charge in [-0.1, -0.05) is 0 Å². The summed E-state index contributed by atoms with van der Waals surface area (Å²) in [5, 5.41) is 0. The normalized spacial score (nSPS) is 24.1. The average Bonchev–Trinajstić information content (AvgIpc) is 3.09. The summed E-state index contributed by atoms with van der Waals surface area (Å²) in [5.74, 6) is -3.56. The lowest BCUT2D eigenvalue weighted by Crippen LogP contribution is -2.29. The molecule has 2 aliphatic rings. The molecule has 1 aliphatic carbocycles. The van der Waals surface area contributed by atoms with Gasteiger partial charge in [0.2, 0.25) is 0 Å². The smallest absolute Gasteiger partial charge is 0.194 e. The highest BCUT2D eigenvalue weighted by molar-refractivity contribution is 5.37. The van der Waals surface area contributed by atoms with Gasteiger partial charge in [0.1, 0.15) is 0 Å². The monoisotopic (exact) mass is 242 g/mol. The van der Waals surface area contributed by atoms with Crippen molar-refractivity contribution in [1.82, 2.24) is 4.90 Å². The lowest BCUT2D eigenvalue weighted by atomic mass is 10.0. The maximum absolute atomic E-state index is 13.6. The predicted octanol–water partition coefficient (Wildman–Crippen LogP) is 2.08. The van der Waals surface area contributed by atoms with E-state index in [-0.39, 0.29) is 11.6 Å². The molecule has 1 atom stereocenters. The van der Waals surface area contributed by atoms with E-state index in [1.165, 1.54) is 0 Å². The van der Waals surface area contributed by atoms with Crippen LogP contribution in [-0.2, 0) is 6.54 Å². The van der Waals surface area contributed by atoms with Crippen molar-refractivity contribution < 1.29 is 13.2 Å². The second-order valence-corrected chi connectivity index (χ2v) is 4.71. The minimum Gasteiger partial charge on any atom is -0.329 e. The molecule has 1 unspecified atom stereocenters. The molecule has 1 aromatic carbocycles. The summed E-state index contributed by atoms with van der Waals surface area (Å²) in [4.78, 5) is 2.05. The van der Waals surface area contributed by atoms with Gasteiger partial charge in [-0.05, 0) is 24.5 Å². The summed E-state index contributed by atoms with van der Waals surface area (Å²) >= 11 is 0. The number of nitrogens with two attached hydrogens (primary N) is 1. The molecule has 1 fully saturated rings. The number of nitrogens with zero attached hydrogens (tertiary/aromatic N) is 1. The lowest BCUT2D eigenvalue weighted by Gasteiger charge is -2.23. The molecule has 0 radical (unpaired) electrons. The topological polar surface area (TPSA) is 29.3 Å². The second kappa shape index (κ2) is 3.71. The van der Waals surface area contributed by atoms with Crippen LogP contribution in [0.2, 0.25) is 0 Å². The summed E-state index contributed by atoms with van der Waals surface area (Å²) in [7, 11) is 0. The van der Waals surface area contributed by atoms with Gasteiger partial charge < -0.3 is 5.73 Å². The van der Waals surface area contributed by atoms with Crippen molar-refractivity contribution in [1.29, 1.82) is 0 Å². The average molecular weight is 242 g/mol. The van der Waals surface area contributed by atoms with Crippen LogP contribution in [0.15, 0.2) is 6.07 Å². The first-order valence-corrected chi connectivity index (χ1v) is 5.75. The number of rotatable bonds is 2. The number of hydrogen-bond acceptors (Lipinski definition) is 2. The molecule has 1 saturated carbocycles. The Balaban J connectivity index is 2.08. The molecule has 1 aromatic rings. The van der Waals surface area contributed by atoms with Crippen LogP contribution < -0.4 is 5.73 Å². The van der Waals surface area contributed by atoms with Crippen molar-refractivity contribution in [3.63, 3.8) is 0 Å². The van der Waals surface area contributed by atoms with Crippen molar-refractivity contribution >= 4 is 0 Å². The molecule has 3 rings (SSSR count). The fourth-order valence-corrected chi connectivity index (χ4v) is 2.63. The van der Waals surface area contributed by atoms with Crippen molar-refractivity contribution in [2.45, 2.75) is 31.5 Å². The molecule has 0 spiro atoms. The van der Waals surface area contributed by atoms with E-state index in [2.05, 4.69) is 0 Å². The van der Waals surface area contributed by atoms with Gasteiger partial charge in [-0.15, -0.1) is 0 Å². The van der Waals surface area contributed by atoms with Gasteiger partial charge >= 0.3 is 0 Å². The molecule has 5 heteroatoms. The highest BCUT2D eigenvalue weighted by Gasteiger charge is 2.41. The Hall–Kier alpha value is -1.07. The van der Waals surface area contributed by atoms with E-state index in [1.807, 2.05) is 4.90 Å². The minimum absolute atomic E-state index is 0.179. The molecule has 2 nitrogen and oxygen atoms in total. The number of halogens is 3. The van der Waals surface area contributed by atoms with E-state index in [1.54, 1.807) is 0 Å². The van der Waals surface area contributed by atoms with Crippen LogP contribution in [0.3, 0.4) is 0 Å². The first kappa shape index (κ1) is 11.0. The fraction of sp³-hybridized carbons (Fsp3) is 0.500. The fourth-order valence-electron chi connectivity index (χ4n) is 2.63. The Bertz CT molecular complexity index is 471. The molecule has 1 aliphatic heterocycles. The molecular formula is C12H13F3N2. The van der Waals surface area contributed by atoms with Gasteiger partial charge in [0.05, 0.1) is 0 Å². The third-order valence-corrected chi connectivity index (χ3v) is 3.64. The molecule has 0 bridgehead atoms. The van der Waals surface area contributed by atoms with Crippen molar-refractivity contribution in [3.05, 3.63) is 34.6 Å². The first-order valence-electron chi connectivity index (χ1n) is 5.75. The van der Waals surface area contributed by atoms with E-state index in [9.17, 15) is 13.2 Å². The van der Waals surface area contributed by atoms with Crippen LogP contribution in [0.25, 0.3) is 0 Å². The van der Waals surface area contributed by atoms with Crippen molar-refractivity contribution in [2.75, 3.05) is 6.54 Å². The number of benzene rings is 1. The predicted molar refractivity (Wildman–Crippen MR) is 56.7 cm³/mol. The quantitative estimate of drug-likeness (QED) is 0.804. The van der Waals surface area contributed by atoms with Crippen molar-refractivity contribution in [3.8, 4) is 0 Å². The second-order valence-electron chi connectivity index (χ2n) is 4.71. The number of fused-ring (bicyclic) bond motifs is 1. The third kappa shape index (κ3) is 1.57. The largest absolute Gasteiger partial charge is 0.329 e. The molecule has 0 amide bonds. The highest BCUT2D eigenvalue weighted by atomic mass is 19.2. The summed E-state index contributed by atoms with van der Waals surface area (Å²) in [6.45, 7) is 0.638. The maximum Gasteiger partial charge on any atom is 0.194 e. The van der Waals surface area contributed by atoms with Crippen LogP contribution in [0, 0.1) is 17.5 Å². The van der Waals surface area contributed by atoms with Gasteiger partial charge in [0.15, 0.2) is 17.5 Å². The molecule has 0 aromatic heterocycles. The van der Waals surface area contributed by atoms with Crippen molar-refractivity contribution in [2.24, 2.45) is 5.73 Å². The molecule has 92 valence electrons. The molecular weight excluding hydrogens is 229 g/mol. The Morgan fingerprint density at radius 3 is 2.53 bits per heavy atom. The molecule has 17 heavy (non-hydrogen) atoms. The van der Waals surface area contributed by atoms with Gasteiger partial charge in [-0.25, -0.2) is 13.2 Å². The Kier molecular flexibility index (Phi) is 2.41. The SMILES string of the molecule is NCC1c2cc(F)c(F)c(F)c2CN1C1CC1. The zero-order valence-electron chi connectivity index (χ0n) is 9.22. The number of hydrogen-bond donors (Lipinski definition) is 1. The van der Waals surface area contributed by atoms with Gasteiger partial charge in [-0.3, -0.25) is 4.90 Å². The van der Waals surface area contributed by atoms with E-state index in [0.717, 1.165) is 18.9 Å². The van der Waals surface area contributed by atoms with Crippen LogP contribution in [0.5, 0.6) is 0 Å². The lowest BCUT2D eigenvalue weighted by molar-refractivity contribution is 0.208. The summed E-state index contributed by atoms with van der Waals surface area (Å²) in [5.41, 5.74) is 6.44. The molecule has 1 heterocycles. The van der Waals surface area contributed by atoms with Crippen LogP contribution in [0.1, 0.15) is 30.0 Å². The van der Waals surface area contributed by atoms with Gasteiger partial charge in [-0.2, -0.15) is 0 Å². The van der Waals surface area contributed by atoms with Gasteiger partial charge in [0, 0.05) is 30.7 Å². The first-order chi connectivity index (χ1) is 8.13. The zero-order chi connectivity index (χ0) is 12.2. The Morgan fingerprint density at radius 1 is 1.24 bits per heavy atom. The zero-order valence-corrected chi connectivity index (χ0v) is 9.22. The Morgan fingerprint density at radius 2 is 1.94 bits per heavy atom. The van der Waals surface area contributed by atoms with E-state index in [0.29, 0.717) is 24.7 Å². The Labute approximate surface area is 97.2 Å². The summed E-state index contributed by atoms with van der Waals surface area (Å²) < 4.78 is 40.0. The maximum atomic E-state index is 13.6. The van der Waals surface area contributed by atoms with Gasteiger partial charge in [0.25, 0.3) is 0 Å². The summed E-state index contributed by atoms with van der Waals surface area (Å²) in [6, 6.07) is 1.30. The highest BCUT2D eigenvalue weighted by Crippen LogP contribution is 2.42. The minimum atomic E-state index is -1.38. The van der Waals surface area contributed by atoms with Crippen LogP contribution in [0.4, 0.5) is 13.2 Å². The van der Waals surface area contributed by atoms with E-state index in [4.69, 9.17) is 5.73 Å². The third-order valence-electron chi connectivity index (χ3n) is 3.64. The van der Waals surface area contributed by atoms with Crippen LogP contribution >= 0.6 is 0 Å². The van der Waals surface area contributed by atoms with E-state index >= 15 is 0 Å². The standard InChI is InChI=1S/C12H13F3N2/c13-9-3-7-8(11(14)12(9)15)5-17(6-1-2-6)10(7)4-16/h3,6,10H,1-2,4-5,16H2. The van der Waals surface area contributed by atoms with Crippen LogP contribution in [-0.4, -0.2) is 17.5 Å². The molecule has 2 N–H and O–H groups in total. The van der Waals surface area contributed by atoms with E-state index < -0.39 is 17.5 Å². The molecule has 0 saturated heterocycles. The summed E-state index contributed by atoms with van der Waals surface area (Å²) in [6.07, 6.45) is 2.11.